The number of benzene rings is 2. The Hall–Kier alpha value is -3.53. The van der Waals surface area contributed by atoms with Gasteiger partial charge in [-0.05, 0) is 30.3 Å². The zero-order valence-corrected chi connectivity index (χ0v) is 20.8. The average Bonchev–Trinajstić information content (AvgIpc) is 3.32. The molecule has 194 valence electrons. The number of anilines is 2. The molecule has 2 N–H and O–H groups in total. The summed E-state index contributed by atoms with van der Waals surface area (Å²) >= 11 is 0. The highest BCUT2D eigenvalue weighted by Crippen LogP contribution is 2.30. The van der Waals surface area contributed by atoms with Crippen LogP contribution in [-0.2, 0) is 14.6 Å². The molecular weight excluding hydrogens is 502 g/mol. The summed E-state index contributed by atoms with van der Waals surface area (Å²) in [4.78, 5) is 1.83. The summed E-state index contributed by atoms with van der Waals surface area (Å²) in [5.74, 6) is -0.729. The summed E-state index contributed by atoms with van der Waals surface area (Å²) in [5.41, 5.74) is 1.50. The van der Waals surface area contributed by atoms with Crippen LogP contribution in [-0.4, -0.2) is 75.1 Å². The molecule has 1 atom stereocenters. The monoisotopic (exact) mass is 528 g/mol. The Bertz CT molecular complexity index is 1430. The van der Waals surface area contributed by atoms with Gasteiger partial charge in [0.25, 0.3) is 0 Å². The first-order chi connectivity index (χ1) is 17.8. The Kier molecular flexibility index (Phi) is 7.10. The zero-order valence-electron chi connectivity index (χ0n) is 20.0. The number of aromatic nitrogens is 2. The molecule has 5 rings (SSSR count). The quantitative estimate of drug-likeness (QED) is 0.502. The van der Waals surface area contributed by atoms with Gasteiger partial charge in [0.15, 0.2) is 15.7 Å². The van der Waals surface area contributed by atoms with E-state index in [2.05, 4.69) is 15.7 Å². The van der Waals surface area contributed by atoms with Crippen LogP contribution in [0.4, 0.5) is 20.3 Å². The van der Waals surface area contributed by atoms with Crippen LogP contribution in [0.25, 0.3) is 16.9 Å². The van der Waals surface area contributed by atoms with Gasteiger partial charge in [-0.1, -0.05) is 6.07 Å². The molecule has 0 saturated carbocycles. The molecular formula is C25H26F2N6O3S. The maximum atomic E-state index is 15.5. The molecule has 0 bridgehead atoms. The highest BCUT2D eigenvalue weighted by atomic mass is 32.2. The van der Waals surface area contributed by atoms with E-state index in [1.807, 2.05) is 4.90 Å². The van der Waals surface area contributed by atoms with Gasteiger partial charge in [0.05, 0.1) is 35.5 Å². The SMILES string of the molecule is N#Cc1ccc(-c2cc(NCC3CNCCO3)nn2-c2ccc(N3CCS(=O)(=O)CC3)cc2F)cc1F. The van der Waals surface area contributed by atoms with Gasteiger partial charge in [0.2, 0.25) is 0 Å². The fourth-order valence-electron chi connectivity index (χ4n) is 4.43. The van der Waals surface area contributed by atoms with Crippen LogP contribution in [0.15, 0.2) is 42.5 Å². The summed E-state index contributed by atoms with van der Waals surface area (Å²) < 4.78 is 60.5. The molecule has 1 aromatic heterocycles. The maximum Gasteiger partial charge on any atom is 0.153 e. The van der Waals surface area contributed by atoms with Crippen LogP contribution < -0.4 is 15.5 Å². The van der Waals surface area contributed by atoms with E-state index >= 15 is 4.39 Å². The maximum absolute atomic E-state index is 15.5. The van der Waals surface area contributed by atoms with Crippen LogP contribution in [0, 0.1) is 23.0 Å². The molecule has 0 aliphatic carbocycles. The molecule has 2 fully saturated rings. The third kappa shape index (κ3) is 5.58. The van der Waals surface area contributed by atoms with Gasteiger partial charge in [-0.2, -0.15) is 5.26 Å². The Morgan fingerprint density at radius 3 is 2.62 bits per heavy atom. The van der Waals surface area contributed by atoms with Crippen molar-refractivity contribution in [2.75, 3.05) is 61.1 Å². The topological polar surface area (TPSA) is 112 Å². The lowest BCUT2D eigenvalue weighted by molar-refractivity contribution is 0.0372. The van der Waals surface area contributed by atoms with Gasteiger partial charge in [-0.3, -0.25) is 0 Å². The van der Waals surface area contributed by atoms with Crippen molar-refractivity contribution in [3.8, 4) is 23.0 Å². The summed E-state index contributed by atoms with van der Waals surface area (Å²) in [6.07, 6.45) is -0.0564. The summed E-state index contributed by atoms with van der Waals surface area (Å²) in [6.45, 7) is 3.16. The van der Waals surface area contributed by atoms with E-state index in [1.54, 1.807) is 30.3 Å². The van der Waals surface area contributed by atoms with Crippen LogP contribution in [0.1, 0.15) is 5.56 Å². The first-order valence-corrected chi connectivity index (χ1v) is 13.8. The predicted octanol–water partition coefficient (Wildman–Crippen LogP) is 2.32. The molecule has 2 aliphatic heterocycles. The van der Waals surface area contributed by atoms with Crippen LogP contribution in [0.5, 0.6) is 0 Å². The second-order valence-corrected chi connectivity index (χ2v) is 11.3. The number of nitriles is 1. The number of halogens is 2. The lowest BCUT2D eigenvalue weighted by Crippen LogP contribution is -2.42. The number of nitrogens with one attached hydrogen (secondary N) is 2. The van der Waals surface area contributed by atoms with Crippen LogP contribution in [0.3, 0.4) is 0 Å². The highest BCUT2D eigenvalue weighted by Gasteiger charge is 2.23. The minimum Gasteiger partial charge on any atom is -0.374 e. The molecule has 0 amide bonds. The zero-order chi connectivity index (χ0) is 26.0. The Morgan fingerprint density at radius 1 is 1.14 bits per heavy atom. The van der Waals surface area contributed by atoms with Crippen molar-refractivity contribution >= 4 is 21.3 Å². The average molecular weight is 529 g/mol. The first kappa shape index (κ1) is 25.1. The minimum atomic E-state index is -3.06. The second kappa shape index (κ2) is 10.5. The summed E-state index contributed by atoms with van der Waals surface area (Å²) in [6, 6.07) is 12.3. The number of morpholine rings is 1. The molecule has 9 nitrogen and oxygen atoms in total. The number of hydrogen-bond acceptors (Lipinski definition) is 8. The molecule has 1 unspecified atom stereocenters. The Labute approximate surface area is 213 Å². The molecule has 2 saturated heterocycles. The van der Waals surface area contributed by atoms with E-state index in [0.29, 0.717) is 55.5 Å². The Morgan fingerprint density at radius 2 is 1.95 bits per heavy atom. The largest absolute Gasteiger partial charge is 0.374 e. The van der Waals surface area contributed by atoms with Crippen molar-refractivity contribution in [1.82, 2.24) is 15.1 Å². The number of ether oxygens (including phenoxy) is 1. The van der Waals surface area contributed by atoms with Gasteiger partial charge in [-0.15, -0.1) is 5.10 Å². The van der Waals surface area contributed by atoms with Crippen molar-refractivity contribution in [1.29, 1.82) is 5.26 Å². The van der Waals surface area contributed by atoms with Gasteiger partial charge in [0, 0.05) is 50.0 Å². The Balaban J connectivity index is 1.47. The second-order valence-electron chi connectivity index (χ2n) is 8.99. The first-order valence-electron chi connectivity index (χ1n) is 11.9. The van der Waals surface area contributed by atoms with E-state index in [4.69, 9.17) is 10.00 Å². The van der Waals surface area contributed by atoms with Gasteiger partial charge in [0.1, 0.15) is 23.4 Å². The molecule has 3 aromatic rings. The molecule has 0 spiro atoms. The third-order valence-corrected chi connectivity index (χ3v) is 8.09. The molecule has 2 aromatic carbocycles. The molecule has 37 heavy (non-hydrogen) atoms. The third-order valence-electron chi connectivity index (χ3n) is 6.48. The number of hydrogen-bond donors (Lipinski definition) is 2. The lowest BCUT2D eigenvalue weighted by atomic mass is 10.1. The normalized spacial score (nSPS) is 19.4. The van der Waals surface area contributed by atoms with Gasteiger partial charge < -0.3 is 20.3 Å². The summed E-state index contributed by atoms with van der Waals surface area (Å²) in [5, 5.41) is 20.1. The fourth-order valence-corrected chi connectivity index (χ4v) is 5.63. The van der Waals surface area contributed by atoms with Crippen molar-refractivity contribution in [3.05, 3.63) is 59.7 Å². The minimum absolute atomic E-state index is 0.0270. The highest BCUT2D eigenvalue weighted by molar-refractivity contribution is 7.91. The predicted molar refractivity (Wildman–Crippen MR) is 136 cm³/mol. The van der Waals surface area contributed by atoms with Crippen molar-refractivity contribution in [3.63, 3.8) is 0 Å². The smallest absolute Gasteiger partial charge is 0.153 e. The van der Waals surface area contributed by atoms with Crippen molar-refractivity contribution in [2.45, 2.75) is 6.10 Å². The standard InChI is InChI=1S/C25H26F2N6O3S/c26-21-11-17(1-2-18(21)14-28)24-13-25(30-16-20-15-29-5-8-36-20)31-33(24)23-4-3-19(12-22(23)27)32-6-9-37(34,35)10-7-32/h1-4,11-13,20,29H,5-10,15-16H2,(H,30,31). The van der Waals surface area contributed by atoms with Crippen LogP contribution in [0.2, 0.25) is 0 Å². The van der Waals surface area contributed by atoms with E-state index < -0.39 is 21.5 Å². The van der Waals surface area contributed by atoms with E-state index in [1.165, 1.54) is 22.9 Å². The summed E-state index contributed by atoms with van der Waals surface area (Å²) in [7, 11) is -3.06. The van der Waals surface area contributed by atoms with Gasteiger partial charge >= 0.3 is 0 Å². The number of sulfone groups is 1. The van der Waals surface area contributed by atoms with E-state index in [9.17, 15) is 12.8 Å². The number of nitrogens with zero attached hydrogens (tertiary/aromatic N) is 4. The molecule has 3 heterocycles. The molecule has 0 radical (unpaired) electrons. The van der Waals surface area contributed by atoms with Crippen molar-refractivity contribution < 1.29 is 21.9 Å². The van der Waals surface area contributed by atoms with Crippen molar-refractivity contribution in [2.24, 2.45) is 0 Å². The fraction of sp³-hybridized carbons (Fsp3) is 0.360. The van der Waals surface area contributed by atoms with E-state index in [-0.39, 0.29) is 28.9 Å². The molecule has 12 heteroatoms. The van der Waals surface area contributed by atoms with E-state index in [0.717, 1.165) is 6.54 Å². The lowest BCUT2D eigenvalue weighted by Gasteiger charge is -2.29. The van der Waals surface area contributed by atoms with Gasteiger partial charge in [-0.25, -0.2) is 21.9 Å². The van der Waals surface area contributed by atoms with Crippen LogP contribution >= 0.6 is 0 Å². The molecule has 2 aliphatic rings. The number of rotatable bonds is 6.